The molecule has 1 aliphatic rings. The van der Waals surface area contributed by atoms with Gasteiger partial charge in [-0.3, -0.25) is 4.79 Å². The molecule has 0 radical (unpaired) electrons. The van der Waals surface area contributed by atoms with Gasteiger partial charge in [0.2, 0.25) is 0 Å². The summed E-state index contributed by atoms with van der Waals surface area (Å²) in [7, 11) is 1.45. The molecular weight excluding hydrogens is 222 g/mol. The van der Waals surface area contributed by atoms with Crippen molar-refractivity contribution in [3.05, 3.63) is 22.4 Å². The second-order valence-corrected chi connectivity index (χ2v) is 5.15. The number of carbonyl (C=O) groups is 1. The van der Waals surface area contributed by atoms with Crippen molar-refractivity contribution in [1.82, 2.24) is 5.32 Å². The van der Waals surface area contributed by atoms with E-state index in [9.17, 15) is 4.79 Å². The Bertz CT molecular complexity index is 344. The molecule has 1 saturated carbocycles. The Balaban J connectivity index is 1.87. The van der Waals surface area contributed by atoms with Crippen LogP contribution in [0.4, 0.5) is 0 Å². The SMILES string of the molecule is COC(=O)CC1(NCc2ccsc2)CCC1. The molecule has 0 aromatic carbocycles. The van der Waals surface area contributed by atoms with E-state index in [0.717, 1.165) is 19.4 Å². The van der Waals surface area contributed by atoms with E-state index in [1.165, 1.54) is 19.1 Å². The van der Waals surface area contributed by atoms with Crippen LogP contribution in [0.3, 0.4) is 0 Å². The maximum absolute atomic E-state index is 11.3. The molecule has 0 unspecified atom stereocenters. The standard InChI is InChI=1S/C12H17NO2S/c1-15-11(14)7-12(4-2-5-12)13-8-10-3-6-16-9-10/h3,6,9,13H,2,4-5,7-8H2,1H3. The molecule has 1 aromatic rings. The molecule has 2 rings (SSSR count). The number of nitrogens with one attached hydrogen (secondary N) is 1. The Labute approximate surface area is 99.8 Å². The summed E-state index contributed by atoms with van der Waals surface area (Å²) >= 11 is 1.70. The zero-order valence-electron chi connectivity index (χ0n) is 9.49. The van der Waals surface area contributed by atoms with Crippen molar-refractivity contribution in [1.29, 1.82) is 0 Å². The first kappa shape index (κ1) is 11.6. The van der Waals surface area contributed by atoms with Crippen molar-refractivity contribution < 1.29 is 9.53 Å². The molecule has 0 spiro atoms. The van der Waals surface area contributed by atoms with Crippen LogP contribution >= 0.6 is 11.3 Å². The van der Waals surface area contributed by atoms with Gasteiger partial charge in [0.05, 0.1) is 13.5 Å². The summed E-state index contributed by atoms with van der Waals surface area (Å²) in [4.78, 5) is 11.3. The van der Waals surface area contributed by atoms with Crippen LogP contribution in [-0.4, -0.2) is 18.6 Å². The summed E-state index contributed by atoms with van der Waals surface area (Å²) in [5, 5.41) is 7.72. The van der Waals surface area contributed by atoms with Gasteiger partial charge in [0.15, 0.2) is 0 Å². The fraction of sp³-hybridized carbons (Fsp3) is 0.583. The number of carbonyl (C=O) groups excluding carboxylic acids is 1. The molecule has 0 bridgehead atoms. The van der Waals surface area contributed by atoms with E-state index in [-0.39, 0.29) is 11.5 Å². The lowest BCUT2D eigenvalue weighted by molar-refractivity contribution is -0.143. The van der Waals surface area contributed by atoms with Gasteiger partial charge < -0.3 is 10.1 Å². The number of esters is 1. The number of thiophene rings is 1. The largest absolute Gasteiger partial charge is 0.469 e. The zero-order chi connectivity index (χ0) is 11.4. The molecule has 1 fully saturated rings. The van der Waals surface area contributed by atoms with Crippen molar-refractivity contribution in [2.75, 3.05) is 7.11 Å². The smallest absolute Gasteiger partial charge is 0.307 e. The molecular formula is C12H17NO2S. The molecule has 1 aliphatic carbocycles. The molecule has 0 saturated heterocycles. The van der Waals surface area contributed by atoms with Gasteiger partial charge in [0, 0.05) is 12.1 Å². The highest BCUT2D eigenvalue weighted by Gasteiger charge is 2.38. The Kier molecular flexibility index (Phi) is 3.61. The third-order valence-electron chi connectivity index (χ3n) is 3.27. The van der Waals surface area contributed by atoms with Gasteiger partial charge in [-0.25, -0.2) is 0 Å². The van der Waals surface area contributed by atoms with E-state index in [4.69, 9.17) is 4.74 Å². The van der Waals surface area contributed by atoms with E-state index in [0.29, 0.717) is 6.42 Å². The normalized spacial score (nSPS) is 17.8. The highest BCUT2D eigenvalue weighted by Crippen LogP contribution is 2.35. The number of hydrogen-bond donors (Lipinski definition) is 1. The lowest BCUT2D eigenvalue weighted by Gasteiger charge is -2.42. The molecule has 16 heavy (non-hydrogen) atoms. The van der Waals surface area contributed by atoms with Gasteiger partial charge in [-0.1, -0.05) is 0 Å². The Morgan fingerprint density at radius 1 is 1.62 bits per heavy atom. The molecule has 4 heteroatoms. The molecule has 1 N–H and O–H groups in total. The van der Waals surface area contributed by atoms with Crippen molar-refractivity contribution in [2.24, 2.45) is 0 Å². The summed E-state index contributed by atoms with van der Waals surface area (Å²) in [6.07, 6.45) is 3.85. The Morgan fingerprint density at radius 2 is 2.44 bits per heavy atom. The maximum Gasteiger partial charge on any atom is 0.307 e. The minimum absolute atomic E-state index is 0.00493. The summed E-state index contributed by atoms with van der Waals surface area (Å²) in [6.45, 7) is 0.848. The van der Waals surface area contributed by atoms with Gasteiger partial charge in [-0.05, 0) is 41.7 Å². The Morgan fingerprint density at radius 3 is 2.94 bits per heavy atom. The molecule has 1 heterocycles. The van der Waals surface area contributed by atoms with E-state index in [1.54, 1.807) is 11.3 Å². The van der Waals surface area contributed by atoms with Gasteiger partial charge in [-0.2, -0.15) is 11.3 Å². The highest BCUT2D eigenvalue weighted by atomic mass is 32.1. The van der Waals surface area contributed by atoms with Crippen LogP contribution in [0.5, 0.6) is 0 Å². The minimum atomic E-state index is -0.113. The van der Waals surface area contributed by atoms with E-state index in [2.05, 4.69) is 22.1 Å². The maximum atomic E-state index is 11.3. The predicted molar refractivity (Wildman–Crippen MR) is 64.4 cm³/mol. The molecule has 0 amide bonds. The molecule has 0 aliphatic heterocycles. The fourth-order valence-electron chi connectivity index (χ4n) is 2.05. The molecule has 1 aromatic heterocycles. The lowest BCUT2D eigenvalue weighted by atomic mass is 9.74. The molecule has 3 nitrogen and oxygen atoms in total. The van der Waals surface area contributed by atoms with Crippen LogP contribution in [0, 0.1) is 0 Å². The summed E-state index contributed by atoms with van der Waals surface area (Å²) < 4.78 is 4.74. The van der Waals surface area contributed by atoms with Crippen LogP contribution < -0.4 is 5.32 Å². The summed E-state index contributed by atoms with van der Waals surface area (Å²) in [5.41, 5.74) is 1.29. The van der Waals surface area contributed by atoms with E-state index < -0.39 is 0 Å². The number of hydrogen-bond acceptors (Lipinski definition) is 4. The lowest BCUT2D eigenvalue weighted by Crippen LogP contribution is -2.52. The van der Waals surface area contributed by atoms with Gasteiger partial charge >= 0.3 is 5.97 Å². The van der Waals surface area contributed by atoms with Gasteiger partial charge in [0.1, 0.15) is 0 Å². The quantitative estimate of drug-likeness (QED) is 0.801. The Hall–Kier alpha value is -0.870. The topological polar surface area (TPSA) is 38.3 Å². The van der Waals surface area contributed by atoms with Crippen molar-refractivity contribution >= 4 is 17.3 Å². The van der Waals surface area contributed by atoms with Crippen LogP contribution in [0.1, 0.15) is 31.2 Å². The predicted octanol–water partition coefficient (Wildman–Crippen LogP) is 2.32. The van der Waals surface area contributed by atoms with Crippen LogP contribution in [0.15, 0.2) is 16.8 Å². The number of ether oxygens (including phenoxy) is 1. The zero-order valence-corrected chi connectivity index (χ0v) is 10.3. The van der Waals surface area contributed by atoms with Crippen molar-refractivity contribution in [3.63, 3.8) is 0 Å². The van der Waals surface area contributed by atoms with Crippen LogP contribution in [0.25, 0.3) is 0 Å². The molecule has 0 atom stereocenters. The van der Waals surface area contributed by atoms with E-state index >= 15 is 0 Å². The first-order valence-electron chi connectivity index (χ1n) is 5.57. The number of rotatable bonds is 5. The highest BCUT2D eigenvalue weighted by molar-refractivity contribution is 7.07. The van der Waals surface area contributed by atoms with Gasteiger partial charge in [0.25, 0.3) is 0 Å². The first-order chi connectivity index (χ1) is 7.74. The van der Waals surface area contributed by atoms with Crippen molar-refractivity contribution in [2.45, 2.75) is 37.8 Å². The van der Waals surface area contributed by atoms with Crippen LogP contribution in [0.2, 0.25) is 0 Å². The second kappa shape index (κ2) is 4.97. The molecule has 88 valence electrons. The minimum Gasteiger partial charge on any atom is -0.469 e. The van der Waals surface area contributed by atoms with Crippen LogP contribution in [-0.2, 0) is 16.1 Å². The first-order valence-corrected chi connectivity index (χ1v) is 6.51. The van der Waals surface area contributed by atoms with E-state index in [1.807, 2.05) is 0 Å². The average molecular weight is 239 g/mol. The third kappa shape index (κ3) is 2.62. The fourth-order valence-corrected chi connectivity index (χ4v) is 2.72. The summed E-state index contributed by atoms with van der Waals surface area (Å²) in [5.74, 6) is -0.113. The monoisotopic (exact) mass is 239 g/mol. The number of methoxy groups -OCH3 is 1. The summed E-state index contributed by atoms with van der Waals surface area (Å²) in [6, 6.07) is 2.11. The van der Waals surface area contributed by atoms with Gasteiger partial charge in [-0.15, -0.1) is 0 Å². The second-order valence-electron chi connectivity index (χ2n) is 4.37. The van der Waals surface area contributed by atoms with Crippen molar-refractivity contribution in [3.8, 4) is 0 Å². The third-order valence-corrected chi connectivity index (χ3v) is 4.00. The average Bonchev–Trinajstić information content (AvgIpc) is 2.74.